The number of methoxy groups -OCH3 is 1. The third-order valence-corrected chi connectivity index (χ3v) is 2.23. The van der Waals surface area contributed by atoms with E-state index in [0.717, 1.165) is 12.2 Å². The van der Waals surface area contributed by atoms with Crippen LogP contribution in [0.15, 0.2) is 24.3 Å². The minimum absolute atomic E-state index is 0.0685. The fraction of sp³-hybridized carbons (Fsp3) is 0.417. The number of rotatable bonds is 6. The van der Waals surface area contributed by atoms with Crippen molar-refractivity contribution in [1.29, 1.82) is 5.41 Å². The lowest BCUT2D eigenvalue weighted by Crippen LogP contribution is -2.14. The molecule has 16 heavy (non-hydrogen) atoms. The van der Waals surface area contributed by atoms with Gasteiger partial charge in [-0.2, -0.15) is 0 Å². The third-order valence-electron chi connectivity index (χ3n) is 2.23. The smallest absolute Gasteiger partial charge is 0.122 e. The lowest BCUT2D eigenvalue weighted by Gasteiger charge is -2.14. The Hall–Kier alpha value is -1.55. The molecule has 0 amide bonds. The quantitative estimate of drug-likeness (QED) is 0.569. The van der Waals surface area contributed by atoms with Gasteiger partial charge >= 0.3 is 0 Å². The van der Waals surface area contributed by atoms with E-state index in [-0.39, 0.29) is 11.9 Å². The highest BCUT2D eigenvalue weighted by Gasteiger charge is 2.04. The van der Waals surface area contributed by atoms with Gasteiger partial charge in [-0.05, 0) is 31.2 Å². The van der Waals surface area contributed by atoms with Crippen molar-refractivity contribution in [3.63, 3.8) is 0 Å². The predicted molar refractivity (Wildman–Crippen MR) is 64.0 cm³/mol. The summed E-state index contributed by atoms with van der Waals surface area (Å²) in [5, 5.41) is 7.26. The first-order chi connectivity index (χ1) is 7.63. The molecule has 0 aliphatic carbocycles. The molecule has 88 valence electrons. The normalized spacial score (nSPS) is 12.1. The summed E-state index contributed by atoms with van der Waals surface area (Å²) < 4.78 is 10.6. The van der Waals surface area contributed by atoms with Crippen molar-refractivity contribution in [2.75, 3.05) is 13.7 Å². The van der Waals surface area contributed by atoms with Crippen molar-refractivity contribution in [3.05, 3.63) is 29.8 Å². The zero-order chi connectivity index (χ0) is 12.0. The van der Waals surface area contributed by atoms with Crippen LogP contribution in [0.2, 0.25) is 0 Å². The summed E-state index contributed by atoms with van der Waals surface area (Å²) in [6, 6.07) is 7.20. The molecule has 0 heterocycles. The van der Waals surface area contributed by atoms with Crippen molar-refractivity contribution < 1.29 is 9.47 Å². The van der Waals surface area contributed by atoms with Crippen LogP contribution in [0.25, 0.3) is 0 Å². The van der Waals surface area contributed by atoms with Crippen molar-refractivity contribution in [1.82, 2.24) is 0 Å². The molecular weight excluding hydrogens is 204 g/mol. The molecule has 0 bridgehead atoms. The van der Waals surface area contributed by atoms with Crippen LogP contribution in [-0.2, 0) is 4.74 Å². The van der Waals surface area contributed by atoms with Gasteiger partial charge in [0.05, 0.1) is 6.10 Å². The highest BCUT2D eigenvalue weighted by atomic mass is 16.5. The molecular formula is C12H18N2O2. The van der Waals surface area contributed by atoms with E-state index < -0.39 is 0 Å². The molecule has 0 saturated heterocycles. The number of amidine groups is 1. The maximum absolute atomic E-state index is 7.26. The van der Waals surface area contributed by atoms with Crippen molar-refractivity contribution in [2.45, 2.75) is 19.4 Å². The van der Waals surface area contributed by atoms with E-state index in [1.54, 1.807) is 19.2 Å². The minimum atomic E-state index is 0.0685. The summed E-state index contributed by atoms with van der Waals surface area (Å²) in [6.07, 6.45) is 0.966. The summed E-state index contributed by atoms with van der Waals surface area (Å²) >= 11 is 0. The first-order valence-electron chi connectivity index (χ1n) is 5.23. The summed E-state index contributed by atoms with van der Waals surface area (Å²) in [7, 11) is 1.67. The third kappa shape index (κ3) is 3.90. The number of nitrogens with one attached hydrogen (secondary N) is 1. The lowest BCUT2D eigenvalue weighted by molar-refractivity contribution is 0.135. The highest BCUT2D eigenvalue weighted by Crippen LogP contribution is 2.14. The van der Waals surface area contributed by atoms with Crippen LogP contribution in [-0.4, -0.2) is 25.7 Å². The molecule has 0 aromatic heterocycles. The topological polar surface area (TPSA) is 68.3 Å². The highest BCUT2D eigenvalue weighted by molar-refractivity contribution is 5.94. The average Bonchev–Trinajstić information content (AvgIpc) is 2.27. The monoisotopic (exact) mass is 222 g/mol. The van der Waals surface area contributed by atoms with Gasteiger partial charge in [-0.25, -0.2) is 0 Å². The molecule has 1 aromatic rings. The molecule has 1 unspecified atom stereocenters. The molecule has 1 aromatic carbocycles. The van der Waals surface area contributed by atoms with Gasteiger partial charge < -0.3 is 15.2 Å². The van der Waals surface area contributed by atoms with Crippen molar-refractivity contribution >= 4 is 5.84 Å². The Labute approximate surface area is 95.9 Å². The molecule has 0 aliphatic rings. The summed E-state index contributed by atoms with van der Waals surface area (Å²) in [6.45, 7) is 2.69. The van der Waals surface area contributed by atoms with Gasteiger partial charge in [0.25, 0.3) is 0 Å². The second-order valence-electron chi connectivity index (χ2n) is 3.65. The van der Waals surface area contributed by atoms with E-state index in [4.69, 9.17) is 20.6 Å². The maximum atomic E-state index is 7.26. The van der Waals surface area contributed by atoms with E-state index in [1.165, 1.54) is 0 Å². The van der Waals surface area contributed by atoms with Crippen LogP contribution in [0, 0.1) is 5.41 Å². The number of nitrogen functional groups attached to an aromatic ring is 1. The number of hydrogen-bond acceptors (Lipinski definition) is 3. The first-order valence-corrected chi connectivity index (χ1v) is 5.23. The van der Waals surface area contributed by atoms with Crippen LogP contribution in [0.5, 0.6) is 5.75 Å². The summed E-state index contributed by atoms with van der Waals surface area (Å²) in [5.74, 6) is 0.854. The summed E-state index contributed by atoms with van der Waals surface area (Å²) in [5.41, 5.74) is 6.06. The van der Waals surface area contributed by atoms with Gasteiger partial charge in [-0.3, -0.25) is 5.41 Å². The fourth-order valence-electron chi connectivity index (χ4n) is 1.29. The molecule has 0 aliphatic heterocycles. The van der Waals surface area contributed by atoms with Gasteiger partial charge in [-0.1, -0.05) is 0 Å². The van der Waals surface area contributed by atoms with E-state index in [2.05, 4.69) is 0 Å². The second kappa shape index (κ2) is 6.12. The average molecular weight is 222 g/mol. The predicted octanol–water partition coefficient (Wildman–Crippen LogP) is 1.77. The summed E-state index contributed by atoms with van der Waals surface area (Å²) in [4.78, 5) is 0. The van der Waals surface area contributed by atoms with Crippen LogP contribution >= 0.6 is 0 Å². The zero-order valence-corrected chi connectivity index (χ0v) is 9.69. The van der Waals surface area contributed by atoms with Crippen LogP contribution in [0.3, 0.4) is 0 Å². The molecule has 0 fully saturated rings. The molecule has 1 atom stereocenters. The lowest BCUT2D eigenvalue weighted by atomic mass is 10.2. The van der Waals surface area contributed by atoms with Gasteiger partial charge in [0.2, 0.25) is 0 Å². The second-order valence-corrected chi connectivity index (χ2v) is 3.65. The fourth-order valence-corrected chi connectivity index (χ4v) is 1.29. The van der Waals surface area contributed by atoms with E-state index in [1.807, 2.05) is 19.1 Å². The zero-order valence-electron chi connectivity index (χ0n) is 9.69. The van der Waals surface area contributed by atoms with Gasteiger partial charge in [0, 0.05) is 25.7 Å². The largest absolute Gasteiger partial charge is 0.491 e. The van der Waals surface area contributed by atoms with E-state index in [9.17, 15) is 0 Å². The number of nitrogens with two attached hydrogens (primary N) is 1. The first kappa shape index (κ1) is 12.5. The standard InChI is InChI=1S/C12H18N2O2/c1-9(7-8-15-2)16-11-5-3-10(4-6-11)12(13)14/h3-6,9H,7-8H2,1-2H3,(H3,13,14). The molecule has 1 rings (SSSR count). The van der Waals surface area contributed by atoms with Crippen LogP contribution in [0.4, 0.5) is 0 Å². The van der Waals surface area contributed by atoms with Gasteiger partial charge in [0.1, 0.15) is 11.6 Å². The van der Waals surface area contributed by atoms with E-state index in [0.29, 0.717) is 12.2 Å². The SMILES string of the molecule is COCCC(C)Oc1ccc(C(=N)N)cc1. The van der Waals surface area contributed by atoms with Gasteiger partial charge in [-0.15, -0.1) is 0 Å². The maximum Gasteiger partial charge on any atom is 0.122 e. The molecule has 3 N–H and O–H groups in total. The number of hydrogen-bond donors (Lipinski definition) is 2. The number of ether oxygens (including phenoxy) is 2. The minimum Gasteiger partial charge on any atom is -0.491 e. The Balaban J connectivity index is 2.51. The van der Waals surface area contributed by atoms with E-state index >= 15 is 0 Å². The Morgan fingerprint density at radius 1 is 1.38 bits per heavy atom. The van der Waals surface area contributed by atoms with Crippen LogP contribution < -0.4 is 10.5 Å². The van der Waals surface area contributed by atoms with Crippen molar-refractivity contribution in [2.24, 2.45) is 5.73 Å². The van der Waals surface area contributed by atoms with Crippen molar-refractivity contribution in [3.8, 4) is 5.75 Å². The molecule has 0 saturated carbocycles. The molecule has 0 radical (unpaired) electrons. The molecule has 4 heteroatoms. The van der Waals surface area contributed by atoms with Crippen LogP contribution in [0.1, 0.15) is 18.9 Å². The Kier molecular flexibility index (Phi) is 4.79. The Bertz CT molecular complexity index is 335. The number of benzene rings is 1. The Morgan fingerprint density at radius 2 is 2.00 bits per heavy atom. The Morgan fingerprint density at radius 3 is 2.50 bits per heavy atom. The van der Waals surface area contributed by atoms with Gasteiger partial charge in [0.15, 0.2) is 0 Å². The molecule has 0 spiro atoms. The molecule has 4 nitrogen and oxygen atoms in total.